The summed E-state index contributed by atoms with van der Waals surface area (Å²) in [4.78, 5) is 16.1. The first-order valence-electron chi connectivity index (χ1n) is 7.81. The number of amides is 1. The van der Waals surface area contributed by atoms with Crippen LogP contribution >= 0.6 is 0 Å². The van der Waals surface area contributed by atoms with Crippen molar-refractivity contribution in [1.29, 1.82) is 0 Å². The second-order valence-corrected chi connectivity index (χ2v) is 7.28. The Bertz CT molecular complexity index is 818. The van der Waals surface area contributed by atoms with Crippen LogP contribution in [0, 0.1) is 0 Å². The number of rotatable bonds is 9. The predicted molar refractivity (Wildman–Crippen MR) is 96.7 cm³/mol. The number of methoxy groups -OCH3 is 2. The third-order valence-corrected chi connectivity index (χ3v) is 4.81. The van der Waals surface area contributed by atoms with Crippen LogP contribution in [0.4, 0.5) is 0 Å². The first kappa shape index (κ1) is 19.7. The zero-order valence-electron chi connectivity index (χ0n) is 14.6. The average Bonchev–Trinajstić information content (AvgIpc) is 2.66. The van der Waals surface area contributed by atoms with E-state index < -0.39 is 15.9 Å². The molecule has 0 aliphatic heterocycles. The molecule has 26 heavy (non-hydrogen) atoms. The maximum atomic E-state index is 12.2. The van der Waals surface area contributed by atoms with Gasteiger partial charge in [0.1, 0.15) is 11.5 Å². The Morgan fingerprint density at radius 1 is 1.15 bits per heavy atom. The number of carbonyl (C=O) groups is 1. The topological polar surface area (TPSA) is 107 Å². The number of hydrogen-bond acceptors (Lipinski definition) is 6. The maximum absolute atomic E-state index is 12.2. The molecule has 0 fully saturated rings. The highest BCUT2D eigenvalue weighted by atomic mass is 32.2. The second kappa shape index (κ2) is 9.16. The number of sulfonamides is 1. The van der Waals surface area contributed by atoms with Gasteiger partial charge in [0.05, 0.1) is 20.0 Å². The summed E-state index contributed by atoms with van der Waals surface area (Å²) in [5.74, 6) is 0.297. The standard InChI is InChI=1S/C17H21N3O5S/c1-24-15-8-14(9-16(10-15)25-2)17(21)19-6-7-26(22,23)20-12-13-4-3-5-18-11-13/h3-5,8-11,20H,6-7,12H2,1-2H3,(H,19,21). The third-order valence-electron chi connectivity index (χ3n) is 3.49. The lowest BCUT2D eigenvalue weighted by Crippen LogP contribution is -2.34. The van der Waals surface area contributed by atoms with Crippen molar-refractivity contribution in [2.45, 2.75) is 6.54 Å². The fraction of sp³-hybridized carbons (Fsp3) is 0.294. The van der Waals surface area contributed by atoms with Crippen LogP contribution < -0.4 is 19.5 Å². The van der Waals surface area contributed by atoms with Crippen LogP contribution in [0.25, 0.3) is 0 Å². The van der Waals surface area contributed by atoms with Crippen molar-refractivity contribution in [3.63, 3.8) is 0 Å². The number of nitrogens with one attached hydrogen (secondary N) is 2. The number of hydrogen-bond donors (Lipinski definition) is 2. The summed E-state index contributed by atoms with van der Waals surface area (Å²) < 4.78 is 36.7. The Balaban J connectivity index is 1.87. The van der Waals surface area contributed by atoms with Gasteiger partial charge in [0.15, 0.2) is 0 Å². The van der Waals surface area contributed by atoms with E-state index >= 15 is 0 Å². The summed E-state index contributed by atoms with van der Waals surface area (Å²) >= 11 is 0. The van der Waals surface area contributed by atoms with Gasteiger partial charge in [-0.05, 0) is 23.8 Å². The molecule has 1 amide bonds. The Labute approximate surface area is 152 Å². The zero-order valence-corrected chi connectivity index (χ0v) is 15.4. The molecule has 0 bridgehead atoms. The second-order valence-electron chi connectivity index (χ2n) is 5.36. The van der Waals surface area contributed by atoms with Crippen LogP contribution in [-0.2, 0) is 16.6 Å². The molecule has 2 rings (SSSR count). The van der Waals surface area contributed by atoms with E-state index in [0.29, 0.717) is 17.1 Å². The van der Waals surface area contributed by atoms with Gasteiger partial charge in [0.2, 0.25) is 10.0 Å². The van der Waals surface area contributed by atoms with E-state index in [0.717, 1.165) is 5.56 Å². The largest absolute Gasteiger partial charge is 0.497 e. The van der Waals surface area contributed by atoms with Crippen LogP contribution in [0.5, 0.6) is 11.5 Å². The van der Waals surface area contributed by atoms with Gasteiger partial charge in [-0.2, -0.15) is 0 Å². The van der Waals surface area contributed by atoms with E-state index in [1.165, 1.54) is 14.2 Å². The summed E-state index contributed by atoms with van der Waals surface area (Å²) in [6.45, 7) is 0.123. The molecule has 0 spiro atoms. The Hall–Kier alpha value is -2.65. The molecule has 0 saturated carbocycles. The number of nitrogens with zero attached hydrogens (tertiary/aromatic N) is 1. The van der Waals surface area contributed by atoms with Crippen molar-refractivity contribution in [3.05, 3.63) is 53.9 Å². The smallest absolute Gasteiger partial charge is 0.251 e. The zero-order chi connectivity index (χ0) is 19.0. The van der Waals surface area contributed by atoms with E-state index in [4.69, 9.17) is 9.47 Å². The maximum Gasteiger partial charge on any atom is 0.251 e. The number of carbonyl (C=O) groups excluding carboxylic acids is 1. The van der Waals surface area contributed by atoms with Gasteiger partial charge in [-0.15, -0.1) is 0 Å². The highest BCUT2D eigenvalue weighted by Crippen LogP contribution is 2.22. The number of aromatic nitrogens is 1. The molecule has 0 saturated heterocycles. The summed E-state index contributed by atoms with van der Waals surface area (Å²) in [6, 6.07) is 8.24. The summed E-state index contributed by atoms with van der Waals surface area (Å²) in [7, 11) is -0.559. The Kier molecular flexibility index (Phi) is 6.93. The van der Waals surface area contributed by atoms with Crippen molar-refractivity contribution >= 4 is 15.9 Å². The van der Waals surface area contributed by atoms with Crippen LogP contribution in [0.15, 0.2) is 42.7 Å². The molecule has 8 nitrogen and oxygen atoms in total. The van der Waals surface area contributed by atoms with Gasteiger partial charge in [0, 0.05) is 37.1 Å². The van der Waals surface area contributed by atoms with Crippen molar-refractivity contribution < 1.29 is 22.7 Å². The number of pyridine rings is 1. The van der Waals surface area contributed by atoms with E-state index in [9.17, 15) is 13.2 Å². The fourth-order valence-electron chi connectivity index (χ4n) is 2.11. The number of ether oxygens (including phenoxy) is 2. The molecule has 140 valence electrons. The average molecular weight is 379 g/mol. The van der Waals surface area contributed by atoms with Gasteiger partial charge in [-0.25, -0.2) is 13.1 Å². The first-order chi connectivity index (χ1) is 12.4. The number of benzene rings is 1. The predicted octanol–water partition coefficient (Wildman–Crippen LogP) is 0.948. The van der Waals surface area contributed by atoms with Crippen LogP contribution in [-0.4, -0.2) is 45.8 Å². The van der Waals surface area contributed by atoms with Gasteiger partial charge >= 0.3 is 0 Å². The van der Waals surface area contributed by atoms with Gasteiger partial charge in [-0.3, -0.25) is 9.78 Å². The molecule has 2 N–H and O–H groups in total. The van der Waals surface area contributed by atoms with E-state index in [2.05, 4.69) is 15.0 Å². The van der Waals surface area contributed by atoms with Crippen LogP contribution in [0.3, 0.4) is 0 Å². The minimum atomic E-state index is -3.53. The van der Waals surface area contributed by atoms with Gasteiger partial charge in [0.25, 0.3) is 5.91 Å². The molecule has 0 unspecified atom stereocenters. The lowest BCUT2D eigenvalue weighted by molar-refractivity contribution is 0.0955. The van der Waals surface area contributed by atoms with Crippen molar-refractivity contribution in [1.82, 2.24) is 15.0 Å². The SMILES string of the molecule is COc1cc(OC)cc(C(=O)NCCS(=O)(=O)NCc2cccnc2)c1. The molecule has 1 aromatic heterocycles. The first-order valence-corrected chi connectivity index (χ1v) is 9.46. The molecular weight excluding hydrogens is 358 g/mol. The summed E-state index contributed by atoms with van der Waals surface area (Å²) in [5.41, 5.74) is 1.07. The van der Waals surface area contributed by atoms with Gasteiger partial charge in [-0.1, -0.05) is 6.07 Å². The van der Waals surface area contributed by atoms with E-state index in [-0.39, 0.29) is 18.8 Å². The van der Waals surface area contributed by atoms with Crippen molar-refractivity contribution in [3.8, 4) is 11.5 Å². The molecule has 1 aromatic carbocycles. The Morgan fingerprint density at radius 3 is 2.42 bits per heavy atom. The molecule has 9 heteroatoms. The monoisotopic (exact) mass is 379 g/mol. The highest BCUT2D eigenvalue weighted by molar-refractivity contribution is 7.89. The van der Waals surface area contributed by atoms with E-state index in [1.807, 2.05) is 0 Å². The van der Waals surface area contributed by atoms with Crippen molar-refractivity contribution in [2.24, 2.45) is 0 Å². The van der Waals surface area contributed by atoms with Crippen LogP contribution in [0.1, 0.15) is 15.9 Å². The van der Waals surface area contributed by atoms with Gasteiger partial charge < -0.3 is 14.8 Å². The molecule has 0 aliphatic rings. The normalized spacial score (nSPS) is 11.0. The lowest BCUT2D eigenvalue weighted by atomic mass is 10.2. The summed E-state index contributed by atoms with van der Waals surface area (Å²) in [6.07, 6.45) is 3.20. The van der Waals surface area contributed by atoms with E-state index in [1.54, 1.807) is 42.7 Å². The minimum absolute atomic E-state index is 0.0271. The third kappa shape index (κ3) is 6.01. The molecular formula is C17H21N3O5S. The highest BCUT2D eigenvalue weighted by Gasteiger charge is 2.13. The lowest BCUT2D eigenvalue weighted by Gasteiger charge is -2.10. The van der Waals surface area contributed by atoms with Crippen molar-refractivity contribution in [2.75, 3.05) is 26.5 Å². The molecule has 0 atom stereocenters. The minimum Gasteiger partial charge on any atom is -0.497 e. The quantitative estimate of drug-likeness (QED) is 0.672. The molecule has 0 aliphatic carbocycles. The van der Waals surface area contributed by atoms with Crippen LogP contribution in [0.2, 0.25) is 0 Å². The molecule has 0 radical (unpaired) electrons. The summed E-state index contributed by atoms with van der Waals surface area (Å²) in [5, 5.41) is 2.57. The fourth-order valence-corrected chi connectivity index (χ4v) is 3.01. The molecule has 1 heterocycles. The Morgan fingerprint density at radius 2 is 1.85 bits per heavy atom. The molecule has 2 aromatic rings.